The molecule has 1 heterocycles. The lowest BCUT2D eigenvalue weighted by atomic mass is 9.86. The van der Waals surface area contributed by atoms with E-state index in [1.54, 1.807) is 13.1 Å². The molecule has 0 aromatic heterocycles. The number of piperidine rings is 1. The molecular weight excluding hydrogens is 433 g/mol. The van der Waals surface area contributed by atoms with Crippen LogP contribution in [0, 0.1) is 19.8 Å². The molecule has 33 heavy (non-hydrogen) atoms. The van der Waals surface area contributed by atoms with Gasteiger partial charge in [-0.25, -0.2) is 0 Å². The largest absolute Gasteiger partial charge is 0.481 e. The van der Waals surface area contributed by atoms with Crippen LogP contribution in [0.2, 0.25) is 0 Å². The normalized spacial score (nSPS) is 18.4. The van der Waals surface area contributed by atoms with Gasteiger partial charge in [-0.05, 0) is 67.6 Å². The summed E-state index contributed by atoms with van der Waals surface area (Å²) in [5.41, 5.74) is 2.51. The Morgan fingerprint density at radius 3 is 2.61 bits per heavy atom. The van der Waals surface area contributed by atoms with Crippen molar-refractivity contribution >= 4 is 12.2 Å². The van der Waals surface area contributed by atoms with Gasteiger partial charge in [-0.1, -0.05) is 35.5 Å². The molecule has 1 aliphatic heterocycles. The molecule has 5 nitrogen and oxygen atoms in total. The van der Waals surface area contributed by atoms with Crippen LogP contribution in [0.3, 0.4) is 0 Å². The summed E-state index contributed by atoms with van der Waals surface area (Å²) in [4.78, 5) is 18.7. The van der Waals surface area contributed by atoms with Gasteiger partial charge in [0.15, 0.2) is 0 Å². The minimum atomic E-state index is -4.40. The fourth-order valence-electron chi connectivity index (χ4n) is 4.25. The van der Waals surface area contributed by atoms with E-state index in [2.05, 4.69) is 10.1 Å². The maximum Gasteiger partial charge on any atom is 0.416 e. The van der Waals surface area contributed by atoms with Crippen LogP contribution < -0.4 is 0 Å². The molecule has 1 saturated heterocycles. The molecule has 1 N–H and O–H groups in total. The first-order valence-corrected chi connectivity index (χ1v) is 11.0. The van der Waals surface area contributed by atoms with Gasteiger partial charge in [0.05, 0.1) is 17.7 Å². The second-order valence-electron chi connectivity index (χ2n) is 8.47. The Morgan fingerprint density at radius 1 is 1.21 bits per heavy atom. The lowest BCUT2D eigenvalue weighted by Gasteiger charge is -2.29. The number of aliphatic carboxylic acids is 1. The number of carboxylic acids is 1. The smallest absolute Gasteiger partial charge is 0.416 e. The predicted octanol–water partition coefficient (Wildman–Crippen LogP) is 5.25. The molecule has 2 atom stereocenters. The minimum absolute atomic E-state index is 0.301. The summed E-state index contributed by atoms with van der Waals surface area (Å²) in [6, 6.07) is 11.4. The number of hydrogen-bond donors (Lipinski definition) is 1. The van der Waals surface area contributed by atoms with Crippen molar-refractivity contribution in [3.8, 4) is 0 Å². The first-order chi connectivity index (χ1) is 15.7. The Kier molecular flexibility index (Phi) is 8.13. The van der Waals surface area contributed by atoms with E-state index >= 15 is 0 Å². The Morgan fingerprint density at radius 2 is 1.94 bits per heavy atom. The Hall–Kier alpha value is -2.87. The molecule has 0 spiro atoms. The van der Waals surface area contributed by atoms with E-state index < -0.39 is 17.7 Å². The number of oxime groups is 1. The second kappa shape index (κ2) is 10.8. The number of carbonyl (C=O) groups is 1. The first-order valence-electron chi connectivity index (χ1n) is 11.0. The topological polar surface area (TPSA) is 62.1 Å². The monoisotopic (exact) mass is 462 g/mol. The third-order valence-corrected chi connectivity index (χ3v) is 6.09. The molecule has 0 bridgehead atoms. The van der Waals surface area contributed by atoms with E-state index in [-0.39, 0.29) is 11.8 Å². The number of alkyl halides is 3. The SMILES string of the molecule is Cc1ccccc1[C@@H](/C=N\OCCN1CCCC(C(=O)O)C1)c1ccc(C(F)(F)F)cc1C. The summed E-state index contributed by atoms with van der Waals surface area (Å²) in [5.74, 6) is -1.48. The number of hydrogen-bond acceptors (Lipinski definition) is 4. The third-order valence-electron chi connectivity index (χ3n) is 6.09. The number of aryl methyl sites for hydroxylation is 2. The molecule has 3 rings (SSSR count). The summed E-state index contributed by atoms with van der Waals surface area (Å²) < 4.78 is 39.3. The molecule has 8 heteroatoms. The average molecular weight is 463 g/mol. The van der Waals surface area contributed by atoms with Crippen molar-refractivity contribution in [1.82, 2.24) is 4.90 Å². The van der Waals surface area contributed by atoms with Crippen molar-refractivity contribution in [2.24, 2.45) is 11.1 Å². The zero-order chi connectivity index (χ0) is 24.0. The summed E-state index contributed by atoms with van der Waals surface area (Å²) in [6.45, 7) is 5.81. The van der Waals surface area contributed by atoms with Gasteiger partial charge in [0.25, 0.3) is 0 Å². The van der Waals surface area contributed by atoms with Crippen molar-refractivity contribution in [2.45, 2.75) is 38.8 Å². The molecule has 0 aliphatic carbocycles. The standard InChI is InChI=1S/C25H29F3N2O3/c1-17-6-3-4-8-21(17)23(22-10-9-20(14-18(22)2)25(26,27)28)15-29-33-13-12-30-11-5-7-19(16-30)24(31)32/h3-4,6,8-10,14-15,19,23H,5,7,11-13,16H2,1-2H3,(H,31,32)/b29-15-/t19?,23-/m1/s1. The lowest BCUT2D eigenvalue weighted by Crippen LogP contribution is -2.40. The number of benzene rings is 2. The number of carboxylic acid groups (broad SMARTS) is 1. The van der Waals surface area contributed by atoms with Crippen molar-refractivity contribution in [3.63, 3.8) is 0 Å². The van der Waals surface area contributed by atoms with Gasteiger partial charge in [-0.3, -0.25) is 9.69 Å². The van der Waals surface area contributed by atoms with E-state index in [1.807, 2.05) is 31.2 Å². The predicted molar refractivity (Wildman–Crippen MR) is 120 cm³/mol. The van der Waals surface area contributed by atoms with Crippen LogP contribution in [0.25, 0.3) is 0 Å². The second-order valence-corrected chi connectivity index (χ2v) is 8.47. The molecular formula is C25H29F3N2O3. The minimum Gasteiger partial charge on any atom is -0.481 e. The van der Waals surface area contributed by atoms with Crippen molar-refractivity contribution in [3.05, 3.63) is 70.3 Å². The molecule has 0 saturated carbocycles. The highest BCUT2D eigenvalue weighted by Gasteiger charge is 2.31. The zero-order valence-electron chi connectivity index (χ0n) is 18.8. The van der Waals surface area contributed by atoms with Crippen molar-refractivity contribution in [2.75, 3.05) is 26.2 Å². The molecule has 2 aromatic carbocycles. The van der Waals surface area contributed by atoms with Gasteiger partial charge in [-0.2, -0.15) is 13.2 Å². The van der Waals surface area contributed by atoms with Crippen molar-refractivity contribution < 1.29 is 27.9 Å². The van der Waals surface area contributed by atoms with E-state index in [9.17, 15) is 23.1 Å². The molecule has 1 fully saturated rings. The van der Waals surface area contributed by atoms with Crippen LogP contribution in [-0.4, -0.2) is 48.4 Å². The number of halogens is 3. The van der Waals surface area contributed by atoms with E-state index in [1.165, 1.54) is 6.07 Å². The van der Waals surface area contributed by atoms with E-state index in [4.69, 9.17) is 4.84 Å². The highest BCUT2D eigenvalue weighted by atomic mass is 19.4. The average Bonchev–Trinajstić information content (AvgIpc) is 2.77. The van der Waals surface area contributed by atoms with Crippen LogP contribution in [-0.2, 0) is 15.8 Å². The number of nitrogens with zero attached hydrogens (tertiary/aromatic N) is 2. The number of rotatable bonds is 8. The van der Waals surface area contributed by atoms with Crippen LogP contribution in [0.15, 0.2) is 47.6 Å². The third kappa shape index (κ3) is 6.57. The Bertz CT molecular complexity index is 991. The van der Waals surface area contributed by atoms with E-state index in [0.717, 1.165) is 41.8 Å². The fraction of sp³-hybridized carbons (Fsp3) is 0.440. The summed E-state index contributed by atoms with van der Waals surface area (Å²) in [6.07, 6.45) is -1.25. The molecule has 2 aromatic rings. The summed E-state index contributed by atoms with van der Waals surface area (Å²) >= 11 is 0. The Balaban J connectivity index is 1.72. The van der Waals surface area contributed by atoms with Gasteiger partial charge >= 0.3 is 12.1 Å². The van der Waals surface area contributed by atoms with E-state index in [0.29, 0.717) is 31.7 Å². The maximum atomic E-state index is 13.1. The van der Waals surface area contributed by atoms with Crippen LogP contribution in [0.1, 0.15) is 46.6 Å². The first kappa shape index (κ1) is 24.8. The van der Waals surface area contributed by atoms with Gasteiger partial charge in [0, 0.05) is 19.0 Å². The van der Waals surface area contributed by atoms with Crippen molar-refractivity contribution in [1.29, 1.82) is 0 Å². The Labute approximate surface area is 191 Å². The van der Waals surface area contributed by atoms with Gasteiger partial charge in [-0.15, -0.1) is 0 Å². The van der Waals surface area contributed by atoms with Crippen LogP contribution in [0.4, 0.5) is 13.2 Å². The quantitative estimate of drug-likeness (QED) is 0.331. The molecule has 1 unspecified atom stereocenters. The molecule has 0 radical (unpaired) electrons. The van der Waals surface area contributed by atoms with Gasteiger partial charge < -0.3 is 9.94 Å². The van der Waals surface area contributed by atoms with Gasteiger partial charge in [0.2, 0.25) is 0 Å². The van der Waals surface area contributed by atoms with Crippen LogP contribution in [0.5, 0.6) is 0 Å². The highest BCUT2D eigenvalue weighted by molar-refractivity contribution is 5.74. The highest BCUT2D eigenvalue weighted by Crippen LogP contribution is 2.34. The zero-order valence-corrected chi connectivity index (χ0v) is 18.8. The molecule has 0 amide bonds. The number of likely N-dealkylation sites (tertiary alicyclic amines) is 1. The fourth-order valence-corrected chi connectivity index (χ4v) is 4.25. The summed E-state index contributed by atoms with van der Waals surface area (Å²) in [5, 5.41) is 13.3. The lowest BCUT2D eigenvalue weighted by molar-refractivity contribution is -0.143. The maximum absolute atomic E-state index is 13.1. The molecule has 1 aliphatic rings. The molecule has 178 valence electrons. The van der Waals surface area contributed by atoms with Gasteiger partial charge in [0.1, 0.15) is 6.61 Å². The van der Waals surface area contributed by atoms with Crippen LogP contribution >= 0.6 is 0 Å². The summed E-state index contributed by atoms with van der Waals surface area (Å²) in [7, 11) is 0.